The lowest BCUT2D eigenvalue weighted by molar-refractivity contribution is -0.137. The van der Waals surface area contributed by atoms with Crippen molar-refractivity contribution < 1.29 is 27.4 Å². The summed E-state index contributed by atoms with van der Waals surface area (Å²) >= 11 is 1.36. The summed E-state index contributed by atoms with van der Waals surface area (Å²) in [5.41, 5.74) is 0.0822. The van der Waals surface area contributed by atoms with Gasteiger partial charge in [-0.15, -0.1) is 0 Å². The van der Waals surface area contributed by atoms with Crippen LogP contribution in [0, 0.1) is 0 Å². The Balaban J connectivity index is 1.62. The Morgan fingerprint density at radius 3 is 2.56 bits per heavy atom. The van der Waals surface area contributed by atoms with Crippen LogP contribution in [0.4, 0.5) is 18.3 Å². The number of alkyl halides is 3. The van der Waals surface area contributed by atoms with E-state index in [-0.39, 0.29) is 5.56 Å². The second-order valence-electron chi connectivity index (χ2n) is 7.32. The van der Waals surface area contributed by atoms with Gasteiger partial charge in [0.25, 0.3) is 5.91 Å². The molecule has 2 heterocycles. The van der Waals surface area contributed by atoms with E-state index in [0.717, 1.165) is 29.9 Å². The number of anilines is 1. The number of hydrogen-bond donors (Lipinski definition) is 0. The average Bonchev–Trinajstić information content (AvgIpc) is 3.22. The Morgan fingerprint density at radius 2 is 1.91 bits per heavy atom. The van der Waals surface area contributed by atoms with Crippen LogP contribution >= 0.6 is 11.3 Å². The fraction of sp³-hybridized carbons (Fsp3) is 0.364. The largest absolute Gasteiger partial charge is 0.497 e. The van der Waals surface area contributed by atoms with Gasteiger partial charge in [0.2, 0.25) is 0 Å². The van der Waals surface area contributed by atoms with Gasteiger partial charge in [0.05, 0.1) is 36.1 Å². The number of amides is 1. The molecule has 0 saturated carbocycles. The standard InChI is InChI=1S/C22H22F3N3O3S/c1-30-17-6-7-19-18(14-17)26-21(32-19)28(9-8-27-10-12-31-13-11-27)20(29)15-2-4-16(5-3-15)22(23,24)25/h2-7,14H,8-13H2,1H3. The number of ether oxygens (including phenoxy) is 2. The summed E-state index contributed by atoms with van der Waals surface area (Å²) in [6.07, 6.45) is -4.45. The van der Waals surface area contributed by atoms with Gasteiger partial charge in [-0.1, -0.05) is 11.3 Å². The van der Waals surface area contributed by atoms with E-state index in [4.69, 9.17) is 9.47 Å². The van der Waals surface area contributed by atoms with Gasteiger partial charge in [0, 0.05) is 37.8 Å². The van der Waals surface area contributed by atoms with Gasteiger partial charge in [-0.2, -0.15) is 13.2 Å². The minimum Gasteiger partial charge on any atom is -0.497 e. The van der Waals surface area contributed by atoms with Gasteiger partial charge < -0.3 is 9.47 Å². The van der Waals surface area contributed by atoms with E-state index in [1.807, 2.05) is 12.1 Å². The molecule has 1 aliphatic rings. The number of carbonyl (C=O) groups is 1. The lowest BCUT2D eigenvalue weighted by Crippen LogP contribution is -2.43. The molecular weight excluding hydrogens is 443 g/mol. The monoisotopic (exact) mass is 465 g/mol. The molecule has 0 unspecified atom stereocenters. The predicted octanol–water partition coefficient (Wildman–Crippen LogP) is 4.30. The fourth-order valence-electron chi connectivity index (χ4n) is 3.45. The molecule has 1 amide bonds. The summed E-state index contributed by atoms with van der Waals surface area (Å²) in [6, 6.07) is 9.76. The minimum atomic E-state index is -4.45. The van der Waals surface area contributed by atoms with Gasteiger partial charge >= 0.3 is 6.18 Å². The summed E-state index contributed by atoms with van der Waals surface area (Å²) in [6.45, 7) is 3.76. The van der Waals surface area contributed by atoms with Crippen molar-refractivity contribution in [2.75, 3.05) is 51.4 Å². The number of hydrogen-bond acceptors (Lipinski definition) is 6. The Hall–Kier alpha value is -2.69. The number of carbonyl (C=O) groups excluding carboxylic acids is 1. The Bertz CT molecular complexity index is 1080. The predicted molar refractivity (Wildman–Crippen MR) is 117 cm³/mol. The molecule has 2 aromatic carbocycles. The highest BCUT2D eigenvalue weighted by molar-refractivity contribution is 7.22. The van der Waals surface area contributed by atoms with E-state index in [2.05, 4.69) is 9.88 Å². The molecular formula is C22H22F3N3O3S. The van der Waals surface area contributed by atoms with Gasteiger partial charge in [-0.3, -0.25) is 14.6 Å². The Labute approximate surface area is 187 Å². The average molecular weight is 465 g/mol. The molecule has 0 spiro atoms. The zero-order valence-electron chi connectivity index (χ0n) is 17.4. The van der Waals surface area contributed by atoms with Crippen molar-refractivity contribution in [3.63, 3.8) is 0 Å². The number of aromatic nitrogens is 1. The first kappa shape index (κ1) is 22.5. The zero-order valence-corrected chi connectivity index (χ0v) is 18.2. The van der Waals surface area contributed by atoms with E-state index in [1.54, 1.807) is 13.2 Å². The number of rotatable bonds is 6. The van der Waals surface area contributed by atoms with Gasteiger partial charge in [0.15, 0.2) is 5.13 Å². The number of thiazole rings is 1. The van der Waals surface area contributed by atoms with Crippen molar-refractivity contribution >= 4 is 32.6 Å². The molecule has 1 saturated heterocycles. The van der Waals surface area contributed by atoms with Crippen LogP contribution in [-0.4, -0.2) is 62.3 Å². The van der Waals surface area contributed by atoms with Gasteiger partial charge in [-0.25, -0.2) is 4.98 Å². The molecule has 170 valence electrons. The normalized spacial score (nSPS) is 15.1. The van der Waals surface area contributed by atoms with Crippen LogP contribution < -0.4 is 9.64 Å². The first-order valence-corrected chi connectivity index (χ1v) is 10.9. The third-order valence-electron chi connectivity index (χ3n) is 5.26. The van der Waals surface area contributed by atoms with Crippen molar-refractivity contribution in [3.05, 3.63) is 53.6 Å². The highest BCUT2D eigenvalue weighted by atomic mass is 32.1. The molecule has 1 fully saturated rings. The van der Waals surface area contributed by atoms with Crippen molar-refractivity contribution in [2.24, 2.45) is 0 Å². The Morgan fingerprint density at radius 1 is 1.19 bits per heavy atom. The van der Waals surface area contributed by atoms with Crippen LogP contribution in [-0.2, 0) is 10.9 Å². The van der Waals surface area contributed by atoms with Crippen LogP contribution in [0.3, 0.4) is 0 Å². The van der Waals surface area contributed by atoms with E-state index in [0.29, 0.717) is 42.7 Å². The lowest BCUT2D eigenvalue weighted by atomic mass is 10.1. The summed E-state index contributed by atoms with van der Waals surface area (Å²) < 4.78 is 50.3. The summed E-state index contributed by atoms with van der Waals surface area (Å²) in [5, 5.41) is 0.492. The van der Waals surface area contributed by atoms with E-state index in [9.17, 15) is 18.0 Å². The maximum absolute atomic E-state index is 13.3. The zero-order chi connectivity index (χ0) is 22.7. The minimum absolute atomic E-state index is 0.178. The summed E-state index contributed by atoms with van der Waals surface area (Å²) in [7, 11) is 1.57. The molecule has 32 heavy (non-hydrogen) atoms. The van der Waals surface area contributed by atoms with Crippen LogP contribution in [0.15, 0.2) is 42.5 Å². The van der Waals surface area contributed by atoms with Gasteiger partial charge in [0.1, 0.15) is 5.75 Å². The molecule has 4 rings (SSSR count). The number of nitrogens with zero attached hydrogens (tertiary/aromatic N) is 3. The van der Waals surface area contributed by atoms with Crippen molar-refractivity contribution in [3.8, 4) is 5.75 Å². The molecule has 0 radical (unpaired) electrons. The molecule has 1 aliphatic heterocycles. The van der Waals surface area contributed by atoms with Crippen molar-refractivity contribution in [1.29, 1.82) is 0 Å². The van der Waals surface area contributed by atoms with Crippen LogP contribution in [0.1, 0.15) is 15.9 Å². The van der Waals surface area contributed by atoms with E-state index in [1.165, 1.54) is 28.4 Å². The lowest BCUT2D eigenvalue weighted by Gasteiger charge is -2.29. The van der Waals surface area contributed by atoms with Crippen LogP contribution in [0.2, 0.25) is 0 Å². The number of halogens is 3. The van der Waals surface area contributed by atoms with Crippen LogP contribution in [0.5, 0.6) is 5.75 Å². The molecule has 0 aliphatic carbocycles. The first-order valence-electron chi connectivity index (χ1n) is 10.1. The third-order valence-corrected chi connectivity index (χ3v) is 6.32. The molecule has 10 heteroatoms. The number of benzene rings is 2. The topological polar surface area (TPSA) is 54.9 Å². The SMILES string of the molecule is COc1ccc2sc(N(CCN3CCOCC3)C(=O)c3ccc(C(F)(F)F)cc3)nc2c1. The van der Waals surface area contributed by atoms with E-state index < -0.39 is 17.6 Å². The third kappa shape index (κ3) is 5.03. The summed E-state index contributed by atoms with van der Waals surface area (Å²) in [4.78, 5) is 21.7. The van der Waals surface area contributed by atoms with Crippen molar-refractivity contribution in [1.82, 2.24) is 9.88 Å². The number of methoxy groups -OCH3 is 1. The second-order valence-corrected chi connectivity index (χ2v) is 8.33. The Kier molecular flexibility index (Phi) is 6.63. The maximum atomic E-state index is 13.3. The molecule has 6 nitrogen and oxygen atoms in total. The highest BCUT2D eigenvalue weighted by Gasteiger charge is 2.31. The first-order chi connectivity index (χ1) is 15.3. The molecule has 1 aromatic heterocycles. The molecule has 0 bridgehead atoms. The second kappa shape index (κ2) is 9.43. The maximum Gasteiger partial charge on any atom is 0.416 e. The number of fused-ring (bicyclic) bond motifs is 1. The van der Waals surface area contributed by atoms with Crippen LogP contribution in [0.25, 0.3) is 10.2 Å². The highest BCUT2D eigenvalue weighted by Crippen LogP contribution is 2.33. The quantitative estimate of drug-likeness (QED) is 0.543. The van der Waals surface area contributed by atoms with Gasteiger partial charge in [-0.05, 0) is 36.4 Å². The van der Waals surface area contributed by atoms with Crippen molar-refractivity contribution in [2.45, 2.75) is 6.18 Å². The number of morpholine rings is 1. The molecule has 0 N–H and O–H groups in total. The summed E-state index contributed by atoms with van der Waals surface area (Å²) in [5.74, 6) is 0.265. The fourth-order valence-corrected chi connectivity index (χ4v) is 4.42. The van der Waals surface area contributed by atoms with E-state index >= 15 is 0 Å². The molecule has 3 aromatic rings. The smallest absolute Gasteiger partial charge is 0.416 e. The molecule has 0 atom stereocenters.